The van der Waals surface area contributed by atoms with Crippen molar-refractivity contribution in [3.05, 3.63) is 0 Å². The molecule has 1 fully saturated rings. The molecule has 0 heterocycles. The van der Waals surface area contributed by atoms with Crippen LogP contribution in [0.3, 0.4) is 0 Å². The zero-order valence-electron chi connectivity index (χ0n) is 6.45. The van der Waals surface area contributed by atoms with E-state index in [0.717, 1.165) is 0 Å². The van der Waals surface area contributed by atoms with Crippen LogP contribution >= 0.6 is 8.81 Å². The Hall–Kier alpha value is -0.0600. The molecule has 1 aliphatic carbocycles. The fourth-order valence-corrected chi connectivity index (χ4v) is 1.97. The second kappa shape index (κ2) is 3.01. The first-order valence-electron chi connectivity index (χ1n) is 3.59. The quantitative estimate of drug-likeness (QED) is 0.400. The van der Waals surface area contributed by atoms with Crippen molar-refractivity contribution in [1.82, 2.24) is 0 Å². The third-order valence-corrected chi connectivity index (χ3v) is 3.40. The number of hydrogen-bond acceptors (Lipinski definition) is 5. The maximum Gasteiger partial charge on any atom is 0.181 e. The molecule has 12 heavy (non-hydrogen) atoms. The highest BCUT2D eigenvalue weighted by Gasteiger charge is 2.61. The third-order valence-electron chi connectivity index (χ3n) is 2.36. The average Bonchev–Trinajstić information content (AvgIpc) is 2.11. The first-order chi connectivity index (χ1) is 5.50. The van der Waals surface area contributed by atoms with E-state index >= 15 is 0 Å². The molecule has 1 saturated carbocycles. The summed E-state index contributed by atoms with van der Waals surface area (Å²) in [6.07, 6.45) is 0.414. The summed E-state index contributed by atoms with van der Waals surface area (Å²) in [7, 11) is -0.852. The van der Waals surface area contributed by atoms with Gasteiger partial charge >= 0.3 is 0 Å². The van der Waals surface area contributed by atoms with Gasteiger partial charge in [0.1, 0.15) is 5.34 Å². The monoisotopic (exact) mass is 193 g/mol. The molecule has 0 aliphatic heterocycles. The number of Topliss-reactive ketones (excluding diaryl/α,β-unsaturated/α-hetero) is 1. The maximum absolute atomic E-state index is 11.0. The standard InChI is InChI=1S/C6H12NO4P/c7-3-4(8)5(9)1-2-6(5,10)12-11/h9-12H,1-3,7H2/t5?,6-/m0/s1. The fourth-order valence-electron chi connectivity index (χ4n) is 1.29. The minimum absolute atomic E-state index is 0.174. The molecule has 0 saturated heterocycles. The van der Waals surface area contributed by atoms with E-state index in [1.165, 1.54) is 0 Å². The van der Waals surface area contributed by atoms with E-state index in [0.29, 0.717) is 0 Å². The number of hydrogen-bond donors (Lipinski definition) is 4. The zero-order chi connectivity index (χ0) is 9.41. The van der Waals surface area contributed by atoms with E-state index in [1.807, 2.05) is 0 Å². The van der Waals surface area contributed by atoms with Crippen LogP contribution in [-0.4, -0.2) is 38.4 Å². The van der Waals surface area contributed by atoms with Crippen LogP contribution in [0.1, 0.15) is 12.8 Å². The van der Waals surface area contributed by atoms with Crippen LogP contribution < -0.4 is 5.73 Å². The Kier molecular flexibility index (Phi) is 2.52. The molecule has 70 valence electrons. The minimum atomic E-state index is -1.81. The van der Waals surface area contributed by atoms with E-state index < -0.39 is 25.5 Å². The Morgan fingerprint density at radius 2 is 2.08 bits per heavy atom. The van der Waals surface area contributed by atoms with Gasteiger partial charge in [0, 0.05) is 8.81 Å². The van der Waals surface area contributed by atoms with Crippen molar-refractivity contribution in [2.75, 3.05) is 6.54 Å². The predicted molar refractivity (Wildman–Crippen MR) is 43.7 cm³/mol. The highest BCUT2D eigenvalue weighted by Crippen LogP contribution is 2.52. The second-order valence-corrected chi connectivity index (χ2v) is 4.01. The van der Waals surface area contributed by atoms with Crippen molar-refractivity contribution in [2.24, 2.45) is 5.73 Å². The average molecular weight is 193 g/mol. The molecule has 1 aliphatic rings. The lowest BCUT2D eigenvalue weighted by atomic mass is 9.73. The summed E-state index contributed by atoms with van der Waals surface area (Å²) in [5.41, 5.74) is 3.23. The van der Waals surface area contributed by atoms with Gasteiger partial charge in [0.15, 0.2) is 11.4 Å². The molecule has 2 unspecified atom stereocenters. The van der Waals surface area contributed by atoms with Gasteiger partial charge in [-0.3, -0.25) is 4.79 Å². The van der Waals surface area contributed by atoms with Gasteiger partial charge in [-0.05, 0) is 12.8 Å². The van der Waals surface area contributed by atoms with E-state index in [-0.39, 0.29) is 19.4 Å². The third kappa shape index (κ3) is 1.09. The summed E-state index contributed by atoms with van der Waals surface area (Å²) in [4.78, 5) is 19.8. The van der Waals surface area contributed by atoms with Crippen molar-refractivity contribution in [1.29, 1.82) is 0 Å². The van der Waals surface area contributed by atoms with Crippen LogP contribution in [0.5, 0.6) is 0 Å². The van der Waals surface area contributed by atoms with Crippen LogP contribution in [0.2, 0.25) is 0 Å². The van der Waals surface area contributed by atoms with Crippen LogP contribution in [0.25, 0.3) is 0 Å². The van der Waals surface area contributed by atoms with Gasteiger partial charge in [-0.15, -0.1) is 0 Å². The number of aliphatic hydroxyl groups is 2. The highest BCUT2D eigenvalue weighted by molar-refractivity contribution is 7.33. The van der Waals surface area contributed by atoms with Crippen molar-refractivity contribution in [3.63, 3.8) is 0 Å². The van der Waals surface area contributed by atoms with Gasteiger partial charge in [0.25, 0.3) is 0 Å². The van der Waals surface area contributed by atoms with Crippen LogP contribution in [0.15, 0.2) is 0 Å². The number of ketones is 1. The van der Waals surface area contributed by atoms with Gasteiger partial charge in [-0.1, -0.05) is 0 Å². The highest BCUT2D eigenvalue weighted by atomic mass is 31.1. The van der Waals surface area contributed by atoms with Crippen molar-refractivity contribution < 1.29 is 19.9 Å². The lowest BCUT2D eigenvalue weighted by Crippen LogP contribution is -2.66. The first-order valence-corrected chi connectivity index (χ1v) is 4.54. The molecule has 0 amide bonds. The Morgan fingerprint density at radius 1 is 1.50 bits per heavy atom. The van der Waals surface area contributed by atoms with Crippen molar-refractivity contribution in [3.8, 4) is 0 Å². The summed E-state index contributed by atoms with van der Waals surface area (Å²) in [5, 5.41) is 17.4. The molecule has 0 aromatic carbocycles. The summed E-state index contributed by atoms with van der Waals surface area (Å²) in [6.45, 7) is -0.316. The van der Waals surface area contributed by atoms with Gasteiger partial charge in [0.05, 0.1) is 6.54 Å². The summed E-state index contributed by atoms with van der Waals surface area (Å²) < 4.78 is 0. The Bertz CT molecular complexity index is 208. The van der Waals surface area contributed by atoms with E-state index in [4.69, 9.17) is 10.6 Å². The largest absolute Gasteiger partial charge is 0.380 e. The van der Waals surface area contributed by atoms with E-state index in [1.54, 1.807) is 0 Å². The van der Waals surface area contributed by atoms with Gasteiger partial charge in [-0.25, -0.2) is 0 Å². The van der Waals surface area contributed by atoms with Crippen LogP contribution in [0, 0.1) is 0 Å². The second-order valence-electron chi connectivity index (χ2n) is 2.96. The van der Waals surface area contributed by atoms with Crippen LogP contribution in [0.4, 0.5) is 0 Å². The lowest BCUT2D eigenvalue weighted by Gasteiger charge is -2.49. The van der Waals surface area contributed by atoms with Crippen molar-refractivity contribution in [2.45, 2.75) is 23.8 Å². The smallest absolute Gasteiger partial charge is 0.181 e. The molecule has 0 bridgehead atoms. The number of nitrogens with two attached hydrogens (primary N) is 1. The SMILES string of the molecule is NCC(=O)C1(O)CC[C@]1(O)PO. The van der Waals surface area contributed by atoms with Gasteiger partial charge in [-0.2, -0.15) is 0 Å². The molecular weight excluding hydrogens is 181 g/mol. The Balaban J connectivity index is 2.79. The lowest BCUT2D eigenvalue weighted by molar-refractivity contribution is -0.184. The molecule has 0 aromatic heterocycles. The number of carbonyl (C=O) groups is 1. The van der Waals surface area contributed by atoms with E-state index in [9.17, 15) is 15.0 Å². The van der Waals surface area contributed by atoms with Crippen LogP contribution in [-0.2, 0) is 4.79 Å². The number of rotatable bonds is 3. The summed E-state index contributed by atoms with van der Waals surface area (Å²) >= 11 is 0. The molecule has 1 rings (SSSR count). The Labute approximate surface area is 71.4 Å². The zero-order valence-corrected chi connectivity index (χ0v) is 7.45. The van der Waals surface area contributed by atoms with Crippen molar-refractivity contribution >= 4 is 14.6 Å². The van der Waals surface area contributed by atoms with Gasteiger partial charge in [0.2, 0.25) is 0 Å². The molecule has 5 nitrogen and oxygen atoms in total. The number of carbonyl (C=O) groups excluding carboxylic acids is 1. The molecular formula is C6H12NO4P. The molecule has 0 spiro atoms. The molecule has 5 N–H and O–H groups in total. The molecule has 0 radical (unpaired) electrons. The summed E-state index contributed by atoms with van der Waals surface area (Å²) in [6, 6.07) is 0. The summed E-state index contributed by atoms with van der Waals surface area (Å²) in [5.74, 6) is -0.613. The van der Waals surface area contributed by atoms with Gasteiger partial charge < -0.3 is 20.8 Å². The molecule has 0 aromatic rings. The minimum Gasteiger partial charge on any atom is -0.380 e. The molecule has 3 atom stereocenters. The fraction of sp³-hybridized carbons (Fsp3) is 0.833. The Morgan fingerprint density at radius 3 is 2.33 bits per heavy atom. The predicted octanol–water partition coefficient (Wildman–Crippen LogP) is -1.69. The van der Waals surface area contributed by atoms with E-state index in [2.05, 4.69) is 0 Å². The normalized spacial score (nSPS) is 41.7. The molecule has 6 heteroatoms. The maximum atomic E-state index is 11.0. The first kappa shape index (κ1) is 10.0. The topological polar surface area (TPSA) is 104 Å².